The Hall–Kier alpha value is -3.37. The summed E-state index contributed by atoms with van der Waals surface area (Å²) >= 11 is 6.58. The number of nitrogens with zero attached hydrogens (tertiary/aromatic N) is 1. The van der Waals surface area contributed by atoms with Gasteiger partial charge in [0.15, 0.2) is 0 Å². The Labute approximate surface area is 192 Å². The minimum absolute atomic E-state index is 0.169. The van der Waals surface area contributed by atoms with Crippen LogP contribution in [0.4, 0.5) is 0 Å². The first-order valence-electron chi connectivity index (χ1n) is 10.6. The van der Waals surface area contributed by atoms with Crippen LogP contribution in [-0.4, -0.2) is 15.8 Å². The standard InChI is InChI=1S/C27H25ClN2O2/c1-18-13-22-15-23(26(31)29-24(22)14-19(18)2)17-30(16-20-9-5-3-6-10-20)27(32)25(28)21-11-7-4-8-12-21/h3-15,25H,16-17H2,1-2H3,(H,29,31). The molecule has 0 spiro atoms. The summed E-state index contributed by atoms with van der Waals surface area (Å²) in [5.74, 6) is -0.235. The summed E-state index contributed by atoms with van der Waals surface area (Å²) in [7, 11) is 0. The zero-order chi connectivity index (χ0) is 22.7. The number of aromatic amines is 1. The van der Waals surface area contributed by atoms with Crippen LogP contribution in [0.3, 0.4) is 0 Å². The molecule has 32 heavy (non-hydrogen) atoms. The van der Waals surface area contributed by atoms with Gasteiger partial charge < -0.3 is 9.88 Å². The molecule has 0 bridgehead atoms. The van der Waals surface area contributed by atoms with Gasteiger partial charge in [-0.05, 0) is 59.7 Å². The Morgan fingerprint density at radius 2 is 1.53 bits per heavy atom. The fraction of sp³-hybridized carbons (Fsp3) is 0.185. The zero-order valence-electron chi connectivity index (χ0n) is 18.1. The quantitative estimate of drug-likeness (QED) is 0.390. The predicted molar refractivity (Wildman–Crippen MR) is 130 cm³/mol. The van der Waals surface area contributed by atoms with Crippen LogP contribution in [0.5, 0.6) is 0 Å². The first-order chi connectivity index (χ1) is 15.4. The molecule has 0 radical (unpaired) electrons. The molecule has 0 saturated heterocycles. The Morgan fingerprint density at radius 3 is 2.22 bits per heavy atom. The summed E-state index contributed by atoms with van der Waals surface area (Å²) in [6.07, 6.45) is 0. The first kappa shape index (κ1) is 21.8. The van der Waals surface area contributed by atoms with Crippen LogP contribution in [0.1, 0.15) is 33.2 Å². The van der Waals surface area contributed by atoms with E-state index in [1.165, 1.54) is 0 Å². The second-order valence-electron chi connectivity index (χ2n) is 8.10. The maximum atomic E-state index is 13.4. The molecule has 0 aliphatic heterocycles. The highest BCUT2D eigenvalue weighted by Crippen LogP contribution is 2.25. The van der Waals surface area contributed by atoms with Crippen molar-refractivity contribution in [2.75, 3.05) is 0 Å². The van der Waals surface area contributed by atoms with Gasteiger partial charge in [-0.2, -0.15) is 0 Å². The van der Waals surface area contributed by atoms with Gasteiger partial charge in [0.1, 0.15) is 5.38 Å². The first-order valence-corrected chi connectivity index (χ1v) is 11.0. The summed E-state index contributed by atoms with van der Waals surface area (Å²) in [5, 5.41) is 0.115. The molecule has 1 N–H and O–H groups in total. The summed E-state index contributed by atoms with van der Waals surface area (Å²) in [6, 6.07) is 24.9. The van der Waals surface area contributed by atoms with E-state index in [4.69, 9.17) is 11.6 Å². The minimum Gasteiger partial charge on any atom is -0.332 e. The number of H-pyrrole nitrogens is 1. The molecule has 4 nitrogen and oxygen atoms in total. The Kier molecular flexibility index (Phi) is 6.42. The molecule has 4 rings (SSSR count). The van der Waals surface area contributed by atoms with Crippen LogP contribution in [0.2, 0.25) is 0 Å². The molecule has 5 heteroatoms. The smallest absolute Gasteiger partial charge is 0.253 e. The van der Waals surface area contributed by atoms with Crippen molar-refractivity contribution < 1.29 is 4.79 Å². The van der Waals surface area contributed by atoms with E-state index in [1.807, 2.05) is 86.6 Å². The lowest BCUT2D eigenvalue weighted by Gasteiger charge is -2.25. The van der Waals surface area contributed by atoms with Gasteiger partial charge in [-0.1, -0.05) is 60.7 Å². The van der Waals surface area contributed by atoms with E-state index >= 15 is 0 Å². The fourth-order valence-corrected chi connectivity index (χ4v) is 4.07. The largest absolute Gasteiger partial charge is 0.332 e. The maximum absolute atomic E-state index is 13.4. The Morgan fingerprint density at radius 1 is 0.906 bits per heavy atom. The zero-order valence-corrected chi connectivity index (χ0v) is 18.9. The van der Waals surface area contributed by atoms with E-state index in [9.17, 15) is 9.59 Å². The van der Waals surface area contributed by atoms with Crippen molar-refractivity contribution in [2.45, 2.75) is 32.3 Å². The second kappa shape index (κ2) is 9.41. The van der Waals surface area contributed by atoms with E-state index in [0.29, 0.717) is 12.1 Å². The van der Waals surface area contributed by atoms with Gasteiger partial charge >= 0.3 is 0 Å². The summed E-state index contributed by atoms with van der Waals surface area (Å²) in [6.45, 7) is 4.59. The molecule has 162 valence electrons. The molecule has 0 saturated carbocycles. The van der Waals surface area contributed by atoms with Crippen molar-refractivity contribution in [3.8, 4) is 0 Å². The highest BCUT2D eigenvalue weighted by atomic mass is 35.5. The number of hydrogen-bond acceptors (Lipinski definition) is 2. The normalized spacial score (nSPS) is 12.0. The Balaban J connectivity index is 1.70. The molecule has 1 heterocycles. The molecule has 0 fully saturated rings. The molecule has 1 atom stereocenters. The predicted octanol–water partition coefficient (Wildman–Crippen LogP) is 5.65. The molecular formula is C27H25ClN2O2. The van der Waals surface area contributed by atoms with Crippen molar-refractivity contribution in [1.82, 2.24) is 9.88 Å². The third-order valence-electron chi connectivity index (χ3n) is 5.73. The number of aryl methyl sites for hydroxylation is 2. The number of nitrogens with one attached hydrogen (secondary N) is 1. The third kappa shape index (κ3) is 4.76. The van der Waals surface area contributed by atoms with Gasteiger partial charge in [0, 0.05) is 17.6 Å². The number of pyridine rings is 1. The maximum Gasteiger partial charge on any atom is 0.253 e. The van der Waals surface area contributed by atoms with Crippen molar-refractivity contribution in [1.29, 1.82) is 0 Å². The molecule has 1 aromatic heterocycles. The Bertz CT molecular complexity index is 1300. The van der Waals surface area contributed by atoms with Crippen LogP contribution >= 0.6 is 11.6 Å². The van der Waals surface area contributed by atoms with Crippen LogP contribution in [-0.2, 0) is 17.9 Å². The number of benzene rings is 3. The van der Waals surface area contributed by atoms with Crippen molar-refractivity contribution in [3.05, 3.63) is 117 Å². The number of carbonyl (C=O) groups excluding carboxylic acids is 1. The lowest BCUT2D eigenvalue weighted by molar-refractivity contribution is -0.132. The van der Waals surface area contributed by atoms with E-state index < -0.39 is 5.38 Å². The molecule has 1 amide bonds. The molecule has 0 aliphatic rings. The van der Waals surface area contributed by atoms with Crippen molar-refractivity contribution in [2.24, 2.45) is 0 Å². The van der Waals surface area contributed by atoms with Crippen LogP contribution in [0.15, 0.2) is 83.7 Å². The number of hydrogen-bond donors (Lipinski definition) is 1. The monoisotopic (exact) mass is 444 g/mol. The van der Waals surface area contributed by atoms with Gasteiger partial charge in [0.25, 0.3) is 5.56 Å². The van der Waals surface area contributed by atoms with Gasteiger partial charge in [0.2, 0.25) is 5.91 Å². The molecule has 4 aromatic rings. The van der Waals surface area contributed by atoms with Gasteiger partial charge in [-0.15, -0.1) is 11.6 Å². The number of aromatic nitrogens is 1. The average Bonchev–Trinajstić information content (AvgIpc) is 2.80. The van der Waals surface area contributed by atoms with Gasteiger partial charge in [-0.25, -0.2) is 0 Å². The number of fused-ring (bicyclic) bond motifs is 1. The third-order valence-corrected chi connectivity index (χ3v) is 6.17. The number of rotatable bonds is 6. The van der Waals surface area contributed by atoms with Crippen molar-refractivity contribution in [3.63, 3.8) is 0 Å². The van der Waals surface area contributed by atoms with Crippen LogP contribution in [0, 0.1) is 13.8 Å². The lowest BCUT2D eigenvalue weighted by atomic mass is 10.0. The second-order valence-corrected chi connectivity index (χ2v) is 8.54. The van der Waals surface area contributed by atoms with Crippen LogP contribution in [0.25, 0.3) is 10.9 Å². The van der Waals surface area contributed by atoms with Crippen LogP contribution < -0.4 is 5.56 Å². The molecule has 3 aromatic carbocycles. The fourth-order valence-electron chi connectivity index (χ4n) is 3.79. The minimum atomic E-state index is -0.829. The SMILES string of the molecule is Cc1cc2cc(CN(Cc3ccccc3)C(=O)C(Cl)c3ccccc3)c(=O)[nH]c2cc1C. The molecular weight excluding hydrogens is 420 g/mol. The number of carbonyl (C=O) groups is 1. The van der Waals surface area contributed by atoms with E-state index in [2.05, 4.69) is 11.1 Å². The van der Waals surface area contributed by atoms with E-state index in [-0.39, 0.29) is 18.0 Å². The van der Waals surface area contributed by atoms with Gasteiger partial charge in [-0.3, -0.25) is 9.59 Å². The highest BCUT2D eigenvalue weighted by molar-refractivity contribution is 6.30. The highest BCUT2D eigenvalue weighted by Gasteiger charge is 2.25. The topological polar surface area (TPSA) is 53.2 Å². The lowest BCUT2D eigenvalue weighted by Crippen LogP contribution is -2.34. The molecule has 1 unspecified atom stereocenters. The van der Waals surface area contributed by atoms with E-state index in [1.54, 1.807) is 4.90 Å². The molecule has 0 aliphatic carbocycles. The summed E-state index contributed by atoms with van der Waals surface area (Å²) in [4.78, 5) is 30.9. The summed E-state index contributed by atoms with van der Waals surface area (Å²) in [5.41, 5.74) is 5.10. The van der Waals surface area contributed by atoms with Crippen molar-refractivity contribution >= 4 is 28.4 Å². The van der Waals surface area contributed by atoms with Gasteiger partial charge in [0.05, 0.1) is 6.54 Å². The van der Waals surface area contributed by atoms with E-state index in [0.717, 1.165) is 33.2 Å². The number of alkyl halides is 1. The number of halogens is 1. The summed E-state index contributed by atoms with van der Waals surface area (Å²) < 4.78 is 0. The number of amides is 1. The average molecular weight is 445 g/mol.